The largest absolute Gasteiger partial charge is 0.396 e. The minimum atomic E-state index is -0.0788. The Morgan fingerprint density at radius 3 is 2.87 bits per heavy atom. The number of aromatic nitrogens is 1. The maximum atomic E-state index is 9.31. The van der Waals surface area contributed by atoms with E-state index in [0.717, 1.165) is 12.2 Å². The number of pyridine rings is 1. The third-order valence-corrected chi connectivity index (χ3v) is 2.81. The zero-order valence-electron chi connectivity index (χ0n) is 8.89. The lowest BCUT2D eigenvalue weighted by Crippen LogP contribution is -2.52. The Hall–Kier alpha value is -1.13. The van der Waals surface area contributed by atoms with Gasteiger partial charge >= 0.3 is 0 Å². The second-order valence-corrected chi connectivity index (χ2v) is 4.22. The molecule has 0 saturated carbocycles. The molecule has 1 aromatic heterocycles. The third-order valence-electron chi connectivity index (χ3n) is 2.81. The van der Waals surface area contributed by atoms with Crippen molar-refractivity contribution in [2.75, 3.05) is 38.3 Å². The summed E-state index contributed by atoms with van der Waals surface area (Å²) in [6.45, 7) is 2.27. The Bertz CT molecular complexity index is 306. The lowest BCUT2D eigenvalue weighted by molar-refractivity contribution is -0.130. The fourth-order valence-electron chi connectivity index (χ4n) is 1.80. The maximum absolute atomic E-state index is 9.31. The Balaban J connectivity index is 2.00. The van der Waals surface area contributed by atoms with Gasteiger partial charge in [0.1, 0.15) is 0 Å². The predicted molar refractivity (Wildman–Crippen MR) is 57.8 cm³/mol. The molecule has 1 aromatic rings. The zero-order valence-corrected chi connectivity index (χ0v) is 8.89. The maximum Gasteiger partial charge on any atom is 0.0584 e. The molecular formula is C11H16N2O2. The normalized spacial score (nSPS) is 18.3. The van der Waals surface area contributed by atoms with Crippen molar-refractivity contribution < 1.29 is 9.84 Å². The fourth-order valence-corrected chi connectivity index (χ4v) is 1.80. The molecule has 4 heteroatoms. The van der Waals surface area contributed by atoms with Gasteiger partial charge < -0.3 is 14.7 Å². The second kappa shape index (κ2) is 4.16. The first-order valence-corrected chi connectivity index (χ1v) is 5.06. The van der Waals surface area contributed by atoms with Gasteiger partial charge in [0, 0.05) is 19.8 Å². The van der Waals surface area contributed by atoms with Crippen molar-refractivity contribution in [1.82, 2.24) is 4.98 Å². The van der Waals surface area contributed by atoms with Crippen LogP contribution in [0.25, 0.3) is 0 Å². The number of nitrogens with zero attached hydrogens (tertiary/aromatic N) is 2. The van der Waals surface area contributed by atoms with E-state index in [1.54, 1.807) is 6.20 Å². The van der Waals surface area contributed by atoms with Crippen molar-refractivity contribution >= 4 is 5.69 Å². The van der Waals surface area contributed by atoms with Crippen molar-refractivity contribution in [3.8, 4) is 0 Å². The molecule has 0 atom stereocenters. The van der Waals surface area contributed by atoms with Crippen LogP contribution in [0.1, 0.15) is 0 Å². The van der Waals surface area contributed by atoms with E-state index < -0.39 is 0 Å². The van der Waals surface area contributed by atoms with Crippen molar-refractivity contribution in [1.29, 1.82) is 0 Å². The van der Waals surface area contributed by atoms with E-state index in [1.807, 2.05) is 25.4 Å². The predicted octanol–water partition coefficient (Wildman–Crippen LogP) is 0.527. The van der Waals surface area contributed by atoms with Crippen LogP contribution in [0, 0.1) is 5.41 Å². The molecule has 0 aromatic carbocycles. The van der Waals surface area contributed by atoms with E-state index in [-0.39, 0.29) is 12.0 Å². The van der Waals surface area contributed by atoms with Gasteiger partial charge in [-0.2, -0.15) is 0 Å². The number of anilines is 1. The Kier molecular flexibility index (Phi) is 2.88. The van der Waals surface area contributed by atoms with Crippen molar-refractivity contribution in [3.05, 3.63) is 24.5 Å². The molecule has 0 aliphatic carbocycles. The summed E-state index contributed by atoms with van der Waals surface area (Å²) in [5.41, 5.74) is 0.988. The summed E-state index contributed by atoms with van der Waals surface area (Å²) in [6, 6.07) is 3.92. The molecular weight excluding hydrogens is 192 g/mol. The van der Waals surface area contributed by atoms with Gasteiger partial charge in [0.25, 0.3) is 0 Å². The summed E-state index contributed by atoms with van der Waals surface area (Å²) in [7, 11) is 2.01. The summed E-state index contributed by atoms with van der Waals surface area (Å²) in [5, 5.41) is 9.31. The molecule has 1 aliphatic rings. The van der Waals surface area contributed by atoms with Crippen molar-refractivity contribution in [2.24, 2.45) is 5.41 Å². The molecule has 1 saturated heterocycles. The highest BCUT2D eigenvalue weighted by Gasteiger charge is 2.39. The van der Waals surface area contributed by atoms with Gasteiger partial charge in [0.15, 0.2) is 0 Å². The molecule has 0 bridgehead atoms. The Morgan fingerprint density at radius 2 is 2.40 bits per heavy atom. The molecule has 4 nitrogen and oxygen atoms in total. The zero-order chi connectivity index (χ0) is 10.7. The number of hydrogen-bond acceptors (Lipinski definition) is 4. The van der Waals surface area contributed by atoms with E-state index in [1.165, 1.54) is 0 Å². The smallest absolute Gasteiger partial charge is 0.0584 e. The number of hydrogen-bond donors (Lipinski definition) is 1. The van der Waals surface area contributed by atoms with Crippen LogP contribution < -0.4 is 4.90 Å². The average Bonchev–Trinajstić information content (AvgIpc) is 2.24. The van der Waals surface area contributed by atoms with Gasteiger partial charge in [-0.25, -0.2) is 0 Å². The number of aliphatic hydroxyl groups is 1. The first-order chi connectivity index (χ1) is 7.26. The van der Waals surface area contributed by atoms with Crippen LogP contribution in [0.15, 0.2) is 24.5 Å². The van der Waals surface area contributed by atoms with Gasteiger partial charge in [-0.05, 0) is 12.1 Å². The molecule has 1 aliphatic heterocycles. The van der Waals surface area contributed by atoms with Crippen LogP contribution in [-0.4, -0.2) is 43.5 Å². The van der Waals surface area contributed by atoms with E-state index in [4.69, 9.17) is 4.74 Å². The molecule has 0 spiro atoms. The monoisotopic (exact) mass is 208 g/mol. The molecule has 1 N–H and O–H groups in total. The average molecular weight is 208 g/mol. The number of ether oxygens (including phenoxy) is 1. The van der Waals surface area contributed by atoms with Gasteiger partial charge in [0.05, 0.1) is 37.1 Å². The molecule has 1 fully saturated rings. The molecule has 0 unspecified atom stereocenters. The molecule has 82 valence electrons. The topological polar surface area (TPSA) is 45.6 Å². The quantitative estimate of drug-likeness (QED) is 0.784. The van der Waals surface area contributed by atoms with Crippen LogP contribution in [0.5, 0.6) is 0 Å². The summed E-state index contributed by atoms with van der Waals surface area (Å²) in [4.78, 5) is 6.17. The van der Waals surface area contributed by atoms with E-state index in [2.05, 4.69) is 9.88 Å². The Labute approximate surface area is 89.5 Å². The van der Waals surface area contributed by atoms with E-state index in [9.17, 15) is 5.11 Å². The molecule has 0 radical (unpaired) electrons. The highest BCUT2D eigenvalue weighted by atomic mass is 16.5. The lowest BCUT2D eigenvalue weighted by atomic mass is 9.86. The van der Waals surface area contributed by atoms with Crippen LogP contribution in [0.3, 0.4) is 0 Å². The third kappa shape index (κ3) is 2.11. The number of rotatable bonds is 4. The molecule has 0 amide bonds. The molecule has 15 heavy (non-hydrogen) atoms. The van der Waals surface area contributed by atoms with Crippen molar-refractivity contribution in [2.45, 2.75) is 0 Å². The standard InChI is InChI=1S/C11H16N2O2/c1-13(10-3-2-4-12-5-10)6-11(7-14)8-15-9-11/h2-5,14H,6-9H2,1H3. The summed E-state index contributed by atoms with van der Waals surface area (Å²) < 4.78 is 5.16. The highest BCUT2D eigenvalue weighted by Crippen LogP contribution is 2.28. The first kappa shape index (κ1) is 10.4. The minimum Gasteiger partial charge on any atom is -0.396 e. The van der Waals surface area contributed by atoms with Crippen LogP contribution in [0.2, 0.25) is 0 Å². The van der Waals surface area contributed by atoms with Crippen LogP contribution in [0.4, 0.5) is 5.69 Å². The van der Waals surface area contributed by atoms with Gasteiger partial charge in [-0.15, -0.1) is 0 Å². The minimum absolute atomic E-state index is 0.0788. The lowest BCUT2D eigenvalue weighted by Gasteiger charge is -2.42. The number of aliphatic hydroxyl groups excluding tert-OH is 1. The van der Waals surface area contributed by atoms with Gasteiger partial charge in [0.2, 0.25) is 0 Å². The van der Waals surface area contributed by atoms with Crippen LogP contribution in [-0.2, 0) is 4.74 Å². The summed E-state index contributed by atoms with van der Waals surface area (Å²) in [6.07, 6.45) is 3.58. The summed E-state index contributed by atoms with van der Waals surface area (Å²) in [5.74, 6) is 0. The van der Waals surface area contributed by atoms with Crippen LogP contribution >= 0.6 is 0 Å². The van der Waals surface area contributed by atoms with Crippen molar-refractivity contribution in [3.63, 3.8) is 0 Å². The Morgan fingerprint density at radius 1 is 1.60 bits per heavy atom. The van der Waals surface area contributed by atoms with E-state index in [0.29, 0.717) is 13.2 Å². The van der Waals surface area contributed by atoms with Gasteiger partial charge in [-0.1, -0.05) is 0 Å². The highest BCUT2D eigenvalue weighted by molar-refractivity contribution is 5.42. The second-order valence-electron chi connectivity index (χ2n) is 4.22. The SMILES string of the molecule is CN(CC1(CO)COC1)c1cccnc1. The molecule has 2 rings (SSSR count). The fraction of sp³-hybridized carbons (Fsp3) is 0.545. The van der Waals surface area contributed by atoms with Gasteiger partial charge in [-0.3, -0.25) is 4.98 Å². The molecule has 2 heterocycles. The summed E-state index contributed by atoms with van der Waals surface area (Å²) >= 11 is 0. The first-order valence-electron chi connectivity index (χ1n) is 5.06. The van der Waals surface area contributed by atoms with E-state index >= 15 is 0 Å².